The van der Waals surface area contributed by atoms with Gasteiger partial charge in [0.15, 0.2) is 0 Å². The average Bonchev–Trinajstić information content (AvgIpc) is 2.34. The standard InChI is InChI=1S/C15H30N2O2/c1-11-7-5-6-8-12(11)19-10-9-17-14(18)13(16)15(2,3)4/h11-13H,5-10,16H2,1-4H3,(H,17,18)/t11?,12?,13-/m1/s1. The van der Waals surface area contributed by atoms with Gasteiger partial charge in [-0.3, -0.25) is 4.79 Å². The van der Waals surface area contributed by atoms with Gasteiger partial charge in [-0.1, -0.05) is 40.5 Å². The van der Waals surface area contributed by atoms with Gasteiger partial charge in [0.2, 0.25) is 5.91 Å². The number of nitrogens with one attached hydrogen (secondary N) is 1. The maximum absolute atomic E-state index is 11.8. The smallest absolute Gasteiger partial charge is 0.237 e. The van der Waals surface area contributed by atoms with Crippen LogP contribution >= 0.6 is 0 Å². The maximum Gasteiger partial charge on any atom is 0.237 e. The Morgan fingerprint density at radius 3 is 2.58 bits per heavy atom. The molecule has 1 amide bonds. The molecule has 2 unspecified atom stereocenters. The molecule has 0 radical (unpaired) electrons. The minimum absolute atomic E-state index is 0.0900. The van der Waals surface area contributed by atoms with Gasteiger partial charge in [-0.15, -0.1) is 0 Å². The van der Waals surface area contributed by atoms with Crippen LogP contribution in [0.4, 0.5) is 0 Å². The van der Waals surface area contributed by atoms with Gasteiger partial charge in [0.25, 0.3) is 0 Å². The highest BCUT2D eigenvalue weighted by Crippen LogP contribution is 2.26. The molecule has 0 aromatic carbocycles. The molecule has 0 aromatic rings. The lowest BCUT2D eigenvalue weighted by Crippen LogP contribution is -2.49. The van der Waals surface area contributed by atoms with E-state index in [9.17, 15) is 4.79 Å². The first-order chi connectivity index (χ1) is 8.82. The summed E-state index contributed by atoms with van der Waals surface area (Å²) in [5.41, 5.74) is 5.68. The van der Waals surface area contributed by atoms with Crippen molar-refractivity contribution in [1.82, 2.24) is 5.32 Å². The largest absolute Gasteiger partial charge is 0.376 e. The third-order valence-electron chi connectivity index (χ3n) is 3.98. The van der Waals surface area contributed by atoms with Crippen molar-refractivity contribution in [3.8, 4) is 0 Å². The van der Waals surface area contributed by atoms with Crippen LogP contribution in [0.5, 0.6) is 0 Å². The van der Waals surface area contributed by atoms with Crippen molar-refractivity contribution in [3.63, 3.8) is 0 Å². The zero-order valence-electron chi connectivity index (χ0n) is 12.9. The van der Waals surface area contributed by atoms with Gasteiger partial charge in [0, 0.05) is 6.54 Å². The van der Waals surface area contributed by atoms with Crippen LogP contribution < -0.4 is 11.1 Å². The lowest BCUT2D eigenvalue weighted by Gasteiger charge is -2.29. The highest BCUT2D eigenvalue weighted by atomic mass is 16.5. The van der Waals surface area contributed by atoms with Crippen LogP contribution in [0, 0.1) is 11.3 Å². The molecule has 0 spiro atoms. The van der Waals surface area contributed by atoms with Crippen molar-refractivity contribution >= 4 is 5.91 Å². The molecule has 1 rings (SSSR count). The van der Waals surface area contributed by atoms with Gasteiger partial charge in [0.1, 0.15) is 0 Å². The summed E-state index contributed by atoms with van der Waals surface area (Å²) in [6, 6.07) is -0.471. The Kier molecular flexibility index (Phi) is 6.27. The van der Waals surface area contributed by atoms with Gasteiger partial charge in [0.05, 0.1) is 18.8 Å². The monoisotopic (exact) mass is 270 g/mol. The minimum atomic E-state index is -0.471. The zero-order chi connectivity index (χ0) is 14.5. The zero-order valence-corrected chi connectivity index (χ0v) is 12.9. The minimum Gasteiger partial charge on any atom is -0.376 e. The van der Waals surface area contributed by atoms with E-state index in [1.54, 1.807) is 0 Å². The summed E-state index contributed by atoms with van der Waals surface area (Å²) >= 11 is 0. The first-order valence-corrected chi connectivity index (χ1v) is 7.47. The molecular weight excluding hydrogens is 240 g/mol. The van der Waals surface area contributed by atoms with Gasteiger partial charge < -0.3 is 15.8 Å². The molecule has 112 valence electrons. The van der Waals surface area contributed by atoms with Crippen molar-refractivity contribution in [3.05, 3.63) is 0 Å². The number of ether oxygens (including phenoxy) is 1. The third kappa shape index (κ3) is 5.49. The normalized spacial score (nSPS) is 25.9. The lowest BCUT2D eigenvalue weighted by atomic mass is 9.87. The Labute approximate surface area is 117 Å². The van der Waals surface area contributed by atoms with Gasteiger partial charge in [-0.25, -0.2) is 0 Å². The van der Waals surface area contributed by atoms with Crippen molar-refractivity contribution in [2.45, 2.75) is 65.5 Å². The molecule has 19 heavy (non-hydrogen) atoms. The molecule has 1 saturated carbocycles. The molecule has 1 aliphatic rings. The van der Waals surface area contributed by atoms with E-state index in [2.05, 4.69) is 12.2 Å². The van der Waals surface area contributed by atoms with E-state index in [1.807, 2.05) is 20.8 Å². The summed E-state index contributed by atoms with van der Waals surface area (Å²) in [6.45, 7) is 9.29. The van der Waals surface area contributed by atoms with Gasteiger partial charge in [-0.2, -0.15) is 0 Å². The summed E-state index contributed by atoms with van der Waals surface area (Å²) < 4.78 is 5.86. The van der Waals surface area contributed by atoms with E-state index >= 15 is 0 Å². The van der Waals surface area contributed by atoms with E-state index in [1.165, 1.54) is 19.3 Å². The fourth-order valence-electron chi connectivity index (χ4n) is 2.42. The van der Waals surface area contributed by atoms with Crippen LogP contribution in [0.15, 0.2) is 0 Å². The number of carbonyl (C=O) groups excluding carboxylic acids is 1. The van der Waals surface area contributed by atoms with E-state index < -0.39 is 6.04 Å². The molecule has 0 heterocycles. The second kappa shape index (κ2) is 7.25. The van der Waals surface area contributed by atoms with Crippen molar-refractivity contribution < 1.29 is 9.53 Å². The van der Waals surface area contributed by atoms with E-state index in [0.29, 0.717) is 25.2 Å². The van der Waals surface area contributed by atoms with Gasteiger partial charge in [-0.05, 0) is 24.2 Å². The fraction of sp³-hybridized carbons (Fsp3) is 0.933. The summed E-state index contributed by atoms with van der Waals surface area (Å²) in [5, 5.41) is 2.85. The number of amides is 1. The number of nitrogens with two attached hydrogens (primary N) is 1. The summed E-state index contributed by atoms with van der Waals surface area (Å²) in [6.07, 6.45) is 5.35. The number of hydrogen-bond acceptors (Lipinski definition) is 3. The SMILES string of the molecule is CC1CCCCC1OCCNC(=O)[C@@H](N)C(C)(C)C. The molecule has 0 saturated heterocycles. The van der Waals surface area contributed by atoms with Crippen LogP contribution in [0.3, 0.4) is 0 Å². The van der Waals surface area contributed by atoms with Gasteiger partial charge >= 0.3 is 0 Å². The first kappa shape index (κ1) is 16.4. The Hall–Kier alpha value is -0.610. The Morgan fingerprint density at radius 2 is 2.00 bits per heavy atom. The molecule has 3 N–H and O–H groups in total. The number of carbonyl (C=O) groups is 1. The lowest BCUT2D eigenvalue weighted by molar-refractivity contribution is -0.125. The summed E-state index contributed by atoms with van der Waals surface area (Å²) in [5.74, 6) is 0.550. The third-order valence-corrected chi connectivity index (χ3v) is 3.98. The predicted molar refractivity (Wildman–Crippen MR) is 77.8 cm³/mol. The molecule has 3 atom stereocenters. The summed E-state index contributed by atoms with van der Waals surface area (Å²) in [7, 11) is 0. The summed E-state index contributed by atoms with van der Waals surface area (Å²) in [4.78, 5) is 11.8. The fourth-order valence-corrected chi connectivity index (χ4v) is 2.42. The van der Waals surface area contributed by atoms with E-state index in [-0.39, 0.29) is 11.3 Å². The molecule has 4 heteroatoms. The second-order valence-electron chi connectivity index (χ2n) is 6.81. The topological polar surface area (TPSA) is 64.3 Å². The molecule has 0 bridgehead atoms. The van der Waals surface area contributed by atoms with Crippen LogP contribution in [0.25, 0.3) is 0 Å². The Bertz CT molecular complexity index is 286. The van der Waals surface area contributed by atoms with E-state index in [0.717, 1.165) is 6.42 Å². The number of rotatable bonds is 5. The number of hydrogen-bond donors (Lipinski definition) is 2. The average molecular weight is 270 g/mol. The highest BCUT2D eigenvalue weighted by Gasteiger charge is 2.27. The highest BCUT2D eigenvalue weighted by molar-refractivity contribution is 5.82. The van der Waals surface area contributed by atoms with Crippen LogP contribution in [0.2, 0.25) is 0 Å². The second-order valence-corrected chi connectivity index (χ2v) is 6.81. The Balaban J connectivity index is 2.18. The molecule has 0 aliphatic heterocycles. The van der Waals surface area contributed by atoms with Crippen LogP contribution in [-0.4, -0.2) is 31.2 Å². The molecule has 1 aliphatic carbocycles. The predicted octanol–water partition coefficient (Wildman–Crippen LogP) is 2.07. The maximum atomic E-state index is 11.8. The Morgan fingerprint density at radius 1 is 1.37 bits per heavy atom. The molecular formula is C15H30N2O2. The van der Waals surface area contributed by atoms with E-state index in [4.69, 9.17) is 10.5 Å². The van der Waals surface area contributed by atoms with Crippen molar-refractivity contribution in [2.24, 2.45) is 17.1 Å². The molecule has 1 fully saturated rings. The quantitative estimate of drug-likeness (QED) is 0.752. The first-order valence-electron chi connectivity index (χ1n) is 7.47. The van der Waals surface area contributed by atoms with Crippen LogP contribution in [0.1, 0.15) is 53.4 Å². The van der Waals surface area contributed by atoms with Crippen molar-refractivity contribution in [1.29, 1.82) is 0 Å². The molecule has 4 nitrogen and oxygen atoms in total. The molecule has 0 aromatic heterocycles. The van der Waals surface area contributed by atoms with Crippen molar-refractivity contribution in [2.75, 3.05) is 13.2 Å². The van der Waals surface area contributed by atoms with Crippen LogP contribution in [-0.2, 0) is 9.53 Å².